The summed E-state index contributed by atoms with van der Waals surface area (Å²) in [6.45, 7) is 0.414. The first-order valence-electron chi connectivity index (χ1n) is 8.16. The monoisotopic (exact) mass is 340 g/mol. The summed E-state index contributed by atoms with van der Waals surface area (Å²) in [5, 5.41) is 19.7. The molecule has 0 bridgehead atoms. The molecule has 0 saturated carbocycles. The molecule has 2 N–H and O–H groups in total. The maximum Gasteiger partial charge on any atom is 0.261 e. The van der Waals surface area contributed by atoms with Crippen LogP contribution in [0.3, 0.4) is 0 Å². The second-order valence-corrected chi connectivity index (χ2v) is 5.93. The van der Waals surface area contributed by atoms with Gasteiger partial charge in [0, 0.05) is 18.8 Å². The van der Waals surface area contributed by atoms with Crippen molar-refractivity contribution in [2.75, 3.05) is 31.1 Å². The number of amides is 2. The molecule has 2 amide bonds. The lowest BCUT2D eigenvalue weighted by Crippen LogP contribution is -2.43. The predicted molar refractivity (Wildman–Crippen MR) is 93.6 cm³/mol. The minimum atomic E-state index is -0.922. The van der Waals surface area contributed by atoms with Crippen LogP contribution < -0.4 is 4.90 Å². The first kappa shape index (κ1) is 17.1. The van der Waals surface area contributed by atoms with Crippen LogP contribution in [0.4, 0.5) is 5.69 Å². The van der Waals surface area contributed by atoms with Gasteiger partial charge in [-0.1, -0.05) is 30.3 Å². The lowest BCUT2D eigenvalue weighted by molar-refractivity contribution is 0.0550. The average molecular weight is 340 g/mol. The molecule has 0 spiro atoms. The normalized spacial score (nSPS) is 14.6. The van der Waals surface area contributed by atoms with Gasteiger partial charge < -0.3 is 15.1 Å². The SMILES string of the molecule is O=C1c2ccccc2C(=O)N1C[C@H](O)CN(CCO)c1ccccc1. The highest BCUT2D eigenvalue weighted by atomic mass is 16.3. The number of nitrogens with zero attached hydrogens (tertiary/aromatic N) is 2. The van der Waals surface area contributed by atoms with Gasteiger partial charge in [-0.15, -0.1) is 0 Å². The number of benzene rings is 2. The number of hydrogen-bond acceptors (Lipinski definition) is 5. The van der Waals surface area contributed by atoms with Gasteiger partial charge in [-0.05, 0) is 24.3 Å². The van der Waals surface area contributed by atoms with Crippen molar-refractivity contribution in [2.24, 2.45) is 0 Å². The molecule has 3 rings (SSSR count). The molecule has 0 saturated heterocycles. The van der Waals surface area contributed by atoms with Crippen LogP contribution in [0.1, 0.15) is 20.7 Å². The molecule has 1 aliphatic rings. The van der Waals surface area contributed by atoms with Gasteiger partial charge in [-0.3, -0.25) is 14.5 Å². The molecular weight excluding hydrogens is 320 g/mol. The molecule has 1 heterocycles. The number of rotatable bonds is 7. The smallest absolute Gasteiger partial charge is 0.261 e. The van der Waals surface area contributed by atoms with Crippen LogP contribution in [0, 0.1) is 0 Å². The molecule has 0 aliphatic carbocycles. The number of carbonyl (C=O) groups excluding carboxylic acids is 2. The van der Waals surface area contributed by atoms with E-state index in [1.54, 1.807) is 24.3 Å². The molecule has 6 heteroatoms. The predicted octanol–water partition coefficient (Wildman–Crippen LogP) is 1.14. The number of fused-ring (bicyclic) bond motifs is 1. The zero-order chi connectivity index (χ0) is 17.8. The molecule has 2 aromatic rings. The van der Waals surface area contributed by atoms with E-state index in [4.69, 9.17) is 0 Å². The second-order valence-electron chi connectivity index (χ2n) is 5.93. The summed E-state index contributed by atoms with van der Waals surface area (Å²) in [4.78, 5) is 27.6. The summed E-state index contributed by atoms with van der Waals surface area (Å²) in [6.07, 6.45) is -0.922. The number of carbonyl (C=O) groups is 2. The third kappa shape index (κ3) is 3.55. The largest absolute Gasteiger partial charge is 0.395 e. The fourth-order valence-electron chi connectivity index (χ4n) is 3.01. The number of imide groups is 1. The third-order valence-electron chi connectivity index (χ3n) is 4.19. The maximum absolute atomic E-state index is 12.4. The maximum atomic E-state index is 12.4. The van der Waals surface area contributed by atoms with Gasteiger partial charge in [0.1, 0.15) is 0 Å². The van der Waals surface area contributed by atoms with E-state index in [0.717, 1.165) is 10.6 Å². The van der Waals surface area contributed by atoms with Gasteiger partial charge >= 0.3 is 0 Å². The van der Waals surface area contributed by atoms with Crippen LogP contribution in [0.2, 0.25) is 0 Å². The summed E-state index contributed by atoms with van der Waals surface area (Å²) >= 11 is 0. The minimum absolute atomic E-state index is 0.0609. The molecule has 1 atom stereocenters. The molecule has 6 nitrogen and oxygen atoms in total. The standard InChI is InChI=1S/C19H20N2O4/c22-11-10-20(14-6-2-1-3-7-14)12-15(23)13-21-18(24)16-8-4-5-9-17(16)19(21)25/h1-9,15,22-23H,10-13H2/t15-/m1/s1. The Bertz CT molecular complexity index is 728. The summed E-state index contributed by atoms with van der Waals surface area (Å²) in [7, 11) is 0. The Morgan fingerprint density at radius 2 is 1.48 bits per heavy atom. The number of anilines is 1. The van der Waals surface area contributed by atoms with Crippen molar-refractivity contribution in [3.8, 4) is 0 Å². The van der Waals surface area contributed by atoms with Gasteiger partial charge in [0.15, 0.2) is 0 Å². The molecule has 1 aliphatic heterocycles. The van der Waals surface area contributed by atoms with E-state index >= 15 is 0 Å². The summed E-state index contributed by atoms with van der Waals surface area (Å²) in [5.74, 6) is -0.763. The van der Waals surface area contributed by atoms with Crippen molar-refractivity contribution < 1.29 is 19.8 Å². The Balaban J connectivity index is 1.69. The Hall–Kier alpha value is -2.70. The topological polar surface area (TPSA) is 81.1 Å². The van der Waals surface area contributed by atoms with Crippen LogP contribution in [0.25, 0.3) is 0 Å². The number of hydrogen-bond donors (Lipinski definition) is 2. The quantitative estimate of drug-likeness (QED) is 0.739. The van der Waals surface area contributed by atoms with E-state index in [0.29, 0.717) is 17.7 Å². The lowest BCUT2D eigenvalue weighted by atomic mass is 10.1. The van der Waals surface area contributed by atoms with Crippen LogP contribution in [-0.2, 0) is 0 Å². The Morgan fingerprint density at radius 3 is 2.04 bits per heavy atom. The van der Waals surface area contributed by atoms with Crippen molar-refractivity contribution in [2.45, 2.75) is 6.10 Å². The van der Waals surface area contributed by atoms with Gasteiger partial charge in [-0.25, -0.2) is 0 Å². The molecule has 2 aromatic carbocycles. The number of para-hydroxylation sites is 1. The summed E-state index contributed by atoms with van der Waals surface area (Å²) in [5.41, 5.74) is 1.60. The summed E-state index contributed by atoms with van der Waals surface area (Å²) < 4.78 is 0. The molecule has 0 radical (unpaired) electrons. The number of aliphatic hydroxyl groups excluding tert-OH is 2. The fraction of sp³-hybridized carbons (Fsp3) is 0.263. The minimum Gasteiger partial charge on any atom is -0.395 e. The van der Waals surface area contributed by atoms with Crippen molar-refractivity contribution in [3.63, 3.8) is 0 Å². The highest BCUT2D eigenvalue weighted by Gasteiger charge is 2.36. The average Bonchev–Trinajstić information content (AvgIpc) is 2.87. The van der Waals surface area contributed by atoms with Crippen molar-refractivity contribution in [1.29, 1.82) is 0 Å². The van der Waals surface area contributed by atoms with Gasteiger partial charge in [0.05, 0.1) is 30.4 Å². The van der Waals surface area contributed by atoms with Crippen LogP contribution >= 0.6 is 0 Å². The molecule has 25 heavy (non-hydrogen) atoms. The molecular formula is C19H20N2O4. The van der Waals surface area contributed by atoms with Crippen LogP contribution in [0.5, 0.6) is 0 Å². The van der Waals surface area contributed by atoms with E-state index in [-0.39, 0.29) is 31.5 Å². The Morgan fingerprint density at radius 1 is 0.920 bits per heavy atom. The van der Waals surface area contributed by atoms with E-state index in [9.17, 15) is 19.8 Å². The van der Waals surface area contributed by atoms with Gasteiger partial charge in [-0.2, -0.15) is 0 Å². The number of aliphatic hydroxyl groups is 2. The zero-order valence-corrected chi connectivity index (χ0v) is 13.7. The van der Waals surface area contributed by atoms with Gasteiger partial charge in [0.2, 0.25) is 0 Å². The highest BCUT2D eigenvalue weighted by molar-refractivity contribution is 6.21. The van der Waals surface area contributed by atoms with E-state index < -0.39 is 6.10 Å². The summed E-state index contributed by atoms with van der Waals surface area (Å²) in [6, 6.07) is 16.0. The first-order valence-corrected chi connectivity index (χ1v) is 8.16. The van der Waals surface area contributed by atoms with E-state index in [1.807, 2.05) is 35.2 Å². The molecule has 0 unspecified atom stereocenters. The van der Waals surface area contributed by atoms with E-state index in [1.165, 1.54) is 0 Å². The zero-order valence-electron chi connectivity index (χ0n) is 13.7. The Kier molecular flexibility index (Phi) is 5.11. The third-order valence-corrected chi connectivity index (χ3v) is 4.19. The molecule has 130 valence electrons. The van der Waals surface area contributed by atoms with E-state index in [2.05, 4.69) is 0 Å². The fourth-order valence-corrected chi connectivity index (χ4v) is 3.01. The molecule has 0 aromatic heterocycles. The first-order chi connectivity index (χ1) is 12.1. The number of β-amino-alcohol motifs (C(OH)–C–C–N with tert-alkyl or cyclic N) is 1. The van der Waals surface area contributed by atoms with Crippen molar-refractivity contribution >= 4 is 17.5 Å². The van der Waals surface area contributed by atoms with Crippen molar-refractivity contribution in [3.05, 3.63) is 65.7 Å². The molecule has 0 fully saturated rings. The van der Waals surface area contributed by atoms with Crippen LogP contribution in [0.15, 0.2) is 54.6 Å². The second kappa shape index (κ2) is 7.46. The Labute approximate surface area is 145 Å². The van der Waals surface area contributed by atoms with Gasteiger partial charge in [0.25, 0.3) is 11.8 Å². The highest BCUT2D eigenvalue weighted by Crippen LogP contribution is 2.23. The van der Waals surface area contributed by atoms with Crippen LogP contribution in [-0.4, -0.2) is 59.3 Å². The lowest BCUT2D eigenvalue weighted by Gasteiger charge is -2.28. The van der Waals surface area contributed by atoms with Crippen molar-refractivity contribution in [1.82, 2.24) is 4.90 Å².